The molecule has 0 bridgehead atoms. The Bertz CT molecular complexity index is 703. The molecule has 1 unspecified atom stereocenters. The number of sulfonamides is 1. The average molecular weight is 310 g/mol. The van der Waals surface area contributed by atoms with Crippen LogP contribution in [0.2, 0.25) is 0 Å². The molecular formula is C13H18N4O3S. The quantitative estimate of drug-likeness (QED) is 0.871. The summed E-state index contributed by atoms with van der Waals surface area (Å²) in [5.74, 6) is 1.09. The second-order valence-corrected chi connectivity index (χ2v) is 6.45. The van der Waals surface area contributed by atoms with E-state index in [0.717, 1.165) is 0 Å². The molecule has 0 amide bonds. The number of H-pyrrole nitrogens is 1. The third-order valence-corrected chi connectivity index (χ3v) is 4.96. The molecule has 0 aliphatic rings. The van der Waals surface area contributed by atoms with Gasteiger partial charge in [-0.1, -0.05) is 0 Å². The number of benzene rings is 1. The van der Waals surface area contributed by atoms with Crippen LogP contribution in [0.15, 0.2) is 23.4 Å². The molecule has 114 valence electrons. The predicted molar refractivity (Wildman–Crippen MR) is 77.6 cm³/mol. The van der Waals surface area contributed by atoms with Gasteiger partial charge in [-0.3, -0.25) is 5.10 Å². The maximum absolute atomic E-state index is 12.6. The van der Waals surface area contributed by atoms with E-state index in [1.807, 2.05) is 0 Å². The number of ether oxygens (including phenoxy) is 1. The van der Waals surface area contributed by atoms with E-state index in [4.69, 9.17) is 4.74 Å². The number of rotatable bonds is 5. The maximum atomic E-state index is 12.6. The van der Waals surface area contributed by atoms with Gasteiger partial charge in [-0.05, 0) is 44.0 Å². The highest BCUT2D eigenvalue weighted by Gasteiger charge is 2.24. The molecule has 1 heterocycles. The number of hydrogen-bond donors (Lipinski definition) is 2. The van der Waals surface area contributed by atoms with Gasteiger partial charge in [0.1, 0.15) is 17.9 Å². The van der Waals surface area contributed by atoms with Crippen molar-refractivity contribution >= 4 is 10.0 Å². The monoisotopic (exact) mass is 310 g/mol. The van der Waals surface area contributed by atoms with Gasteiger partial charge in [0.25, 0.3) is 0 Å². The molecule has 1 atom stereocenters. The lowest BCUT2D eigenvalue weighted by Gasteiger charge is -2.16. The fourth-order valence-corrected chi connectivity index (χ4v) is 3.88. The summed E-state index contributed by atoms with van der Waals surface area (Å²) in [5, 5.41) is 6.37. The van der Waals surface area contributed by atoms with E-state index in [1.165, 1.54) is 6.33 Å². The van der Waals surface area contributed by atoms with Crippen LogP contribution in [0.4, 0.5) is 0 Å². The zero-order chi connectivity index (χ0) is 15.6. The molecule has 2 rings (SSSR count). The number of aromatic nitrogens is 3. The van der Waals surface area contributed by atoms with Gasteiger partial charge < -0.3 is 4.74 Å². The molecule has 0 aliphatic carbocycles. The molecule has 0 saturated heterocycles. The van der Waals surface area contributed by atoms with E-state index < -0.39 is 16.1 Å². The van der Waals surface area contributed by atoms with Crippen molar-refractivity contribution in [3.63, 3.8) is 0 Å². The molecule has 1 aromatic heterocycles. The first-order valence-corrected chi connectivity index (χ1v) is 7.86. The van der Waals surface area contributed by atoms with Crippen LogP contribution in [-0.2, 0) is 10.0 Å². The van der Waals surface area contributed by atoms with Gasteiger partial charge in [0.15, 0.2) is 0 Å². The number of nitrogens with zero attached hydrogens (tertiary/aromatic N) is 2. The molecule has 8 heteroatoms. The molecule has 0 radical (unpaired) electrons. The second kappa shape index (κ2) is 5.82. The first-order valence-electron chi connectivity index (χ1n) is 6.38. The summed E-state index contributed by atoms with van der Waals surface area (Å²) in [6.45, 7) is 5.18. The number of methoxy groups -OCH3 is 1. The van der Waals surface area contributed by atoms with Gasteiger partial charge in [-0.15, -0.1) is 0 Å². The molecule has 0 aliphatic heterocycles. The highest BCUT2D eigenvalue weighted by molar-refractivity contribution is 7.89. The van der Waals surface area contributed by atoms with E-state index >= 15 is 0 Å². The van der Waals surface area contributed by atoms with Crippen molar-refractivity contribution < 1.29 is 13.2 Å². The highest BCUT2D eigenvalue weighted by atomic mass is 32.2. The fourth-order valence-electron chi connectivity index (χ4n) is 2.22. The molecule has 1 aromatic carbocycles. The summed E-state index contributed by atoms with van der Waals surface area (Å²) in [4.78, 5) is 4.21. The number of hydrogen-bond acceptors (Lipinski definition) is 5. The van der Waals surface area contributed by atoms with Crippen molar-refractivity contribution in [2.75, 3.05) is 7.11 Å². The van der Waals surface area contributed by atoms with Crippen LogP contribution in [0.25, 0.3) is 0 Å². The topological polar surface area (TPSA) is 97.0 Å². The Morgan fingerprint density at radius 1 is 1.29 bits per heavy atom. The Kier molecular flexibility index (Phi) is 4.29. The van der Waals surface area contributed by atoms with E-state index in [1.54, 1.807) is 40.0 Å². The van der Waals surface area contributed by atoms with Gasteiger partial charge in [-0.2, -0.15) is 5.10 Å². The highest BCUT2D eigenvalue weighted by Crippen LogP contribution is 2.26. The summed E-state index contributed by atoms with van der Waals surface area (Å²) < 4.78 is 32.9. The van der Waals surface area contributed by atoms with Crippen molar-refractivity contribution in [1.29, 1.82) is 0 Å². The molecule has 0 saturated carbocycles. The van der Waals surface area contributed by atoms with E-state index in [2.05, 4.69) is 19.9 Å². The zero-order valence-corrected chi connectivity index (χ0v) is 13.2. The Morgan fingerprint density at radius 3 is 2.38 bits per heavy atom. The van der Waals surface area contributed by atoms with Crippen LogP contribution in [0.1, 0.15) is 29.9 Å². The van der Waals surface area contributed by atoms with E-state index in [9.17, 15) is 8.42 Å². The zero-order valence-electron chi connectivity index (χ0n) is 12.3. The minimum Gasteiger partial charge on any atom is -0.497 e. The van der Waals surface area contributed by atoms with E-state index in [-0.39, 0.29) is 4.90 Å². The first-order chi connectivity index (χ1) is 9.85. The normalized spacial score (nSPS) is 13.1. The lowest BCUT2D eigenvalue weighted by atomic mass is 10.1. The fraction of sp³-hybridized carbons (Fsp3) is 0.385. The van der Waals surface area contributed by atoms with E-state index in [0.29, 0.717) is 22.7 Å². The molecule has 21 heavy (non-hydrogen) atoms. The van der Waals surface area contributed by atoms with Gasteiger partial charge in [-0.25, -0.2) is 18.1 Å². The SMILES string of the molecule is COc1cc(C)c(S(=O)(=O)NC(C)c2ncn[nH]2)c(C)c1. The molecule has 0 fully saturated rings. The molecule has 2 aromatic rings. The largest absolute Gasteiger partial charge is 0.497 e. The molecular weight excluding hydrogens is 292 g/mol. The third-order valence-electron chi connectivity index (χ3n) is 3.11. The van der Waals surface area contributed by atoms with Crippen molar-refractivity contribution in [1.82, 2.24) is 19.9 Å². The number of nitrogens with one attached hydrogen (secondary N) is 2. The van der Waals surface area contributed by atoms with Crippen molar-refractivity contribution in [2.24, 2.45) is 0 Å². The smallest absolute Gasteiger partial charge is 0.241 e. The Hall–Kier alpha value is -1.93. The van der Waals surface area contributed by atoms with Gasteiger partial charge in [0.05, 0.1) is 18.0 Å². The summed E-state index contributed by atoms with van der Waals surface area (Å²) in [5.41, 5.74) is 1.26. The predicted octanol–water partition coefficient (Wildman–Crippen LogP) is 1.47. The average Bonchev–Trinajstić information content (AvgIpc) is 2.90. The van der Waals surface area contributed by atoms with Gasteiger partial charge in [0, 0.05) is 0 Å². The van der Waals surface area contributed by atoms with Crippen LogP contribution in [-0.4, -0.2) is 30.7 Å². The number of aryl methyl sites for hydroxylation is 2. The second-order valence-electron chi connectivity index (χ2n) is 4.80. The lowest BCUT2D eigenvalue weighted by Crippen LogP contribution is -2.28. The molecule has 0 spiro atoms. The summed E-state index contributed by atoms with van der Waals surface area (Å²) in [6.07, 6.45) is 1.34. The maximum Gasteiger partial charge on any atom is 0.241 e. The van der Waals surface area contributed by atoms with Gasteiger partial charge in [0.2, 0.25) is 10.0 Å². The van der Waals surface area contributed by atoms with Crippen LogP contribution in [0.5, 0.6) is 5.75 Å². The van der Waals surface area contributed by atoms with Crippen LogP contribution in [0.3, 0.4) is 0 Å². The lowest BCUT2D eigenvalue weighted by molar-refractivity contribution is 0.413. The van der Waals surface area contributed by atoms with Crippen LogP contribution < -0.4 is 9.46 Å². The Morgan fingerprint density at radius 2 is 1.90 bits per heavy atom. The van der Waals surface area contributed by atoms with Crippen molar-refractivity contribution in [2.45, 2.75) is 31.7 Å². The first kappa shape index (κ1) is 15.5. The van der Waals surface area contributed by atoms with Crippen molar-refractivity contribution in [3.8, 4) is 5.75 Å². The molecule has 2 N–H and O–H groups in total. The Balaban J connectivity index is 2.36. The minimum atomic E-state index is -3.67. The molecule has 7 nitrogen and oxygen atoms in total. The van der Waals surface area contributed by atoms with Crippen LogP contribution in [0, 0.1) is 13.8 Å². The van der Waals surface area contributed by atoms with Crippen LogP contribution >= 0.6 is 0 Å². The van der Waals surface area contributed by atoms with Crippen molar-refractivity contribution in [3.05, 3.63) is 35.4 Å². The standard InChI is InChI=1S/C13H18N4O3S/c1-8-5-11(20-4)6-9(2)12(8)21(18,19)17-10(3)13-14-7-15-16-13/h5-7,10,17H,1-4H3,(H,14,15,16). The Labute approximate surface area is 123 Å². The summed E-state index contributed by atoms with van der Waals surface area (Å²) in [6, 6.07) is 2.89. The number of aromatic amines is 1. The summed E-state index contributed by atoms with van der Waals surface area (Å²) >= 11 is 0. The van der Waals surface area contributed by atoms with Gasteiger partial charge >= 0.3 is 0 Å². The summed E-state index contributed by atoms with van der Waals surface area (Å²) in [7, 11) is -2.12. The third kappa shape index (κ3) is 3.22. The minimum absolute atomic E-state index is 0.259.